The number of methoxy groups -OCH3 is 1. The Bertz CT molecular complexity index is 506. The quantitative estimate of drug-likeness (QED) is 0.216. The van der Waals surface area contributed by atoms with Crippen molar-refractivity contribution in [1.82, 2.24) is 16.0 Å². The van der Waals surface area contributed by atoms with Crippen LogP contribution in [0.25, 0.3) is 0 Å². The van der Waals surface area contributed by atoms with Gasteiger partial charge in [0.1, 0.15) is 5.75 Å². The van der Waals surface area contributed by atoms with Crippen LogP contribution in [-0.4, -0.2) is 39.1 Å². The van der Waals surface area contributed by atoms with E-state index in [9.17, 15) is 4.79 Å². The predicted molar refractivity (Wildman–Crippen MR) is 114 cm³/mol. The number of rotatable bonds is 10. The predicted octanol–water partition coefficient (Wildman–Crippen LogP) is 2.67. The van der Waals surface area contributed by atoms with Gasteiger partial charge in [-0.15, -0.1) is 24.0 Å². The molecule has 3 N–H and O–H groups in total. The van der Waals surface area contributed by atoms with Crippen molar-refractivity contribution in [3.05, 3.63) is 29.8 Å². The second-order valence-electron chi connectivity index (χ2n) is 5.54. The molecule has 0 heterocycles. The molecule has 0 aliphatic rings. The lowest BCUT2D eigenvalue weighted by molar-refractivity contribution is -0.120. The van der Waals surface area contributed by atoms with Crippen molar-refractivity contribution in [1.29, 1.82) is 0 Å². The largest absolute Gasteiger partial charge is 0.497 e. The van der Waals surface area contributed by atoms with Crippen LogP contribution in [0.5, 0.6) is 5.75 Å². The molecule has 0 fully saturated rings. The molecule has 0 atom stereocenters. The van der Waals surface area contributed by atoms with Crippen LogP contribution in [0.3, 0.4) is 0 Å². The number of hydrogen-bond acceptors (Lipinski definition) is 3. The lowest BCUT2D eigenvalue weighted by Crippen LogP contribution is -2.43. The molecule has 142 valence electrons. The number of carbonyl (C=O) groups excluding carboxylic acids is 1. The molecule has 0 radical (unpaired) electrons. The number of guanidine groups is 1. The lowest BCUT2D eigenvalue weighted by atomic mass is 10.2. The fourth-order valence-corrected chi connectivity index (χ4v) is 2.15. The van der Waals surface area contributed by atoms with Gasteiger partial charge in [0.25, 0.3) is 0 Å². The Morgan fingerprint density at radius 3 is 2.40 bits per heavy atom. The standard InChI is InChI=1S/C18H30N4O2.HI/c1-4-5-6-7-12-20-18(19-2)22-14-17(23)21-13-15-8-10-16(24-3)11-9-15;/h8-11H,4-7,12-14H2,1-3H3,(H,21,23)(H2,19,20,22);1H. The highest BCUT2D eigenvalue weighted by molar-refractivity contribution is 14.0. The number of nitrogens with one attached hydrogen (secondary N) is 3. The third-order valence-electron chi connectivity index (χ3n) is 3.61. The van der Waals surface area contributed by atoms with Crippen molar-refractivity contribution in [3.63, 3.8) is 0 Å². The number of ether oxygens (including phenoxy) is 1. The topological polar surface area (TPSA) is 74.8 Å². The van der Waals surface area contributed by atoms with Crippen LogP contribution in [0.15, 0.2) is 29.3 Å². The molecule has 0 spiro atoms. The monoisotopic (exact) mass is 462 g/mol. The van der Waals surface area contributed by atoms with E-state index in [4.69, 9.17) is 4.74 Å². The van der Waals surface area contributed by atoms with Crippen molar-refractivity contribution in [2.45, 2.75) is 39.2 Å². The number of halogens is 1. The summed E-state index contributed by atoms with van der Waals surface area (Å²) in [6.07, 6.45) is 4.80. The summed E-state index contributed by atoms with van der Waals surface area (Å²) < 4.78 is 5.11. The van der Waals surface area contributed by atoms with E-state index >= 15 is 0 Å². The fraction of sp³-hybridized carbons (Fsp3) is 0.556. The highest BCUT2D eigenvalue weighted by Gasteiger charge is 2.03. The van der Waals surface area contributed by atoms with E-state index in [1.807, 2.05) is 24.3 Å². The summed E-state index contributed by atoms with van der Waals surface area (Å²) in [5.74, 6) is 1.39. The zero-order valence-electron chi connectivity index (χ0n) is 15.4. The summed E-state index contributed by atoms with van der Waals surface area (Å²) in [5.41, 5.74) is 1.03. The summed E-state index contributed by atoms with van der Waals surface area (Å²) >= 11 is 0. The first-order valence-electron chi connectivity index (χ1n) is 8.53. The van der Waals surface area contributed by atoms with Crippen molar-refractivity contribution < 1.29 is 9.53 Å². The van der Waals surface area contributed by atoms with Crippen LogP contribution >= 0.6 is 24.0 Å². The normalized spacial score (nSPS) is 10.6. The molecular formula is C18H31IN4O2. The van der Waals surface area contributed by atoms with Crippen molar-refractivity contribution in [3.8, 4) is 5.75 Å². The maximum atomic E-state index is 11.9. The van der Waals surface area contributed by atoms with Gasteiger partial charge in [0.05, 0.1) is 13.7 Å². The van der Waals surface area contributed by atoms with Gasteiger partial charge in [-0.2, -0.15) is 0 Å². The van der Waals surface area contributed by atoms with Crippen molar-refractivity contribution >= 4 is 35.8 Å². The average Bonchev–Trinajstić information content (AvgIpc) is 2.62. The van der Waals surface area contributed by atoms with E-state index in [-0.39, 0.29) is 36.4 Å². The van der Waals surface area contributed by atoms with Crippen LogP contribution in [0.1, 0.15) is 38.2 Å². The Hall–Kier alpha value is -1.51. The molecule has 7 heteroatoms. The molecule has 0 saturated heterocycles. The first-order valence-corrected chi connectivity index (χ1v) is 8.53. The fourth-order valence-electron chi connectivity index (χ4n) is 2.15. The third-order valence-corrected chi connectivity index (χ3v) is 3.61. The first-order chi connectivity index (χ1) is 11.7. The zero-order chi connectivity index (χ0) is 17.6. The highest BCUT2D eigenvalue weighted by Crippen LogP contribution is 2.10. The first kappa shape index (κ1) is 23.5. The minimum absolute atomic E-state index is 0. The Morgan fingerprint density at radius 1 is 1.08 bits per heavy atom. The molecule has 0 aliphatic heterocycles. The molecule has 1 aromatic rings. The maximum Gasteiger partial charge on any atom is 0.239 e. The Kier molecular flexibility index (Phi) is 13.9. The molecular weight excluding hydrogens is 431 g/mol. The second kappa shape index (κ2) is 14.8. The number of nitrogens with zero attached hydrogens (tertiary/aromatic N) is 1. The van der Waals surface area contributed by atoms with Gasteiger partial charge in [0.15, 0.2) is 5.96 Å². The van der Waals surface area contributed by atoms with Gasteiger partial charge in [0, 0.05) is 20.1 Å². The molecule has 0 unspecified atom stereocenters. The number of carbonyl (C=O) groups is 1. The maximum absolute atomic E-state index is 11.9. The van der Waals surface area contributed by atoms with E-state index < -0.39 is 0 Å². The molecule has 0 aliphatic carbocycles. The van der Waals surface area contributed by atoms with Gasteiger partial charge in [-0.1, -0.05) is 38.3 Å². The summed E-state index contributed by atoms with van der Waals surface area (Å²) in [5, 5.41) is 9.11. The molecule has 25 heavy (non-hydrogen) atoms. The number of benzene rings is 1. The molecule has 0 bridgehead atoms. The molecule has 1 amide bonds. The van der Waals surface area contributed by atoms with Gasteiger partial charge < -0.3 is 20.7 Å². The van der Waals surface area contributed by atoms with E-state index in [2.05, 4.69) is 27.9 Å². The summed E-state index contributed by atoms with van der Waals surface area (Å²) in [4.78, 5) is 16.0. The third kappa shape index (κ3) is 10.9. The molecule has 0 saturated carbocycles. The molecule has 1 rings (SSSR count). The van der Waals surface area contributed by atoms with Gasteiger partial charge in [0.2, 0.25) is 5.91 Å². The van der Waals surface area contributed by atoms with Crippen LogP contribution < -0.4 is 20.7 Å². The Labute approximate surface area is 168 Å². The Morgan fingerprint density at radius 2 is 1.80 bits per heavy atom. The van der Waals surface area contributed by atoms with Crippen LogP contribution in [0.4, 0.5) is 0 Å². The van der Waals surface area contributed by atoms with Gasteiger partial charge >= 0.3 is 0 Å². The molecule has 0 aromatic heterocycles. The summed E-state index contributed by atoms with van der Waals surface area (Å²) in [6.45, 7) is 3.75. The van der Waals surface area contributed by atoms with E-state index in [1.165, 1.54) is 19.3 Å². The lowest BCUT2D eigenvalue weighted by Gasteiger charge is -2.12. The van der Waals surface area contributed by atoms with Gasteiger partial charge in [-0.05, 0) is 24.1 Å². The van der Waals surface area contributed by atoms with Crippen LogP contribution in [0, 0.1) is 0 Å². The highest BCUT2D eigenvalue weighted by atomic mass is 127. The molecule has 1 aromatic carbocycles. The van der Waals surface area contributed by atoms with E-state index in [0.29, 0.717) is 12.5 Å². The van der Waals surface area contributed by atoms with Gasteiger partial charge in [-0.3, -0.25) is 9.79 Å². The van der Waals surface area contributed by atoms with Gasteiger partial charge in [-0.25, -0.2) is 0 Å². The smallest absolute Gasteiger partial charge is 0.239 e. The SMILES string of the molecule is CCCCCCNC(=NC)NCC(=O)NCc1ccc(OC)cc1.I. The minimum atomic E-state index is -0.0697. The summed E-state index contributed by atoms with van der Waals surface area (Å²) in [7, 11) is 3.34. The minimum Gasteiger partial charge on any atom is -0.497 e. The second-order valence-corrected chi connectivity index (χ2v) is 5.54. The van der Waals surface area contributed by atoms with Crippen LogP contribution in [0.2, 0.25) is 0 Å². The number of amides is 1. The number of aliphatic imine (C=N–C) groups is 1. The van der Waals surface area contributed by atoms with E-state index in [0.717, 1.165) is 24.3 Å². The molecule has 6 nitrogen and oxygen atoms in total. The number of unbranched alkanes of at least 4 members (excludes halogenated alkanes) is 3. The summed E-state index contributed by atoms with van der Waals surface area (Å²) in [6, 6.07) is 7.63. The van der Waals surface area contributed by atoms with E-state index in [1.54, 1.807) is 14.2 Å². The van der Waals surface area contributed by atoms with Crippen molar-refractivity contribution in [2.24, 2.45) is 4.99 Å². The van der Waals surface area contributed by atoms with Crippen molar-refractivity contribution in [2.75, 3.05) is 27.2 Å². The zero-order valence-corrected chi connectivity index (χ0v) is 17.8. The Balaban J connectivity index is 0.00000576. The van der Waals surface area contributed by atoms with Crippen LogP contribution in [-0.2, 0) is 11.3 Å². The average molecular weight is 462 g/mol. The number of hydrogen-bond donors (Lipinski definition) is 3.